The summed E-state index contributed by atoms with van der Waals surface area (Å²) in [5, 5.41) is 7.68. The predicted molar refractivity (Wildman–Crippen MR) is 79.3 cm³/mol. The van der Waals surface area contributed by atoms with Crippen molar-refractivity contribution in [1.82, 2.24) is 20.1 Å². The van der Waals surface area contributed by atoms with E-state index in [1.165, 1.54) is 0 Å². The van der Waals surface area contributed by atoms with Gasteiger partial charge in [-0.3, -0.25) is 9.69 Å². The predicted octanol–water partition coefficient (Wildman–Crippen LogP) is 0.832. The lowest BCUT2D eigenvalue weighted by Gasteiger charge is -2.34. The number of ether oxygens (including phenoxy) is 1. The number of piperazine rings is 1. The van der Waals surface area contributed by atoms with E-state index in [2.05, 4.69) is 15.2 Å². The molecule has 0 N–H and O–H groups in total. The Bertz CT molecular complexity index is 617. The van der Waals surface area contributed by atoms with E-state index < -0.39 is 0 Å². The van der Waals surface area contributed by atoms with Gasteiger partial charge in [-0.25, -0.2) is 0 Å². The lowest BCUT2D eigenvalue weighted by Crippen LogP contribution is -2.49. The second-order valence-electron chi connectivity index (χ2n) is 5.58. The lowest BCUT2D eigenvalue weighted by atomic mass is 10.3. The van der Waals surface area contributed by atoms with Gasteiger partial charge in [0, 0.05) is 44.9 Å². The molecule has 1 aliphatic heterocycles. The van der Waals surface area contributed by atoms with Crippen molar-refractivity contribution in [1.29, 1.82) is 0 Å². The third kappa shape index (κ3) is 4.40. The van der Waals surface area contributed by atoms with Crippen molar-refractivity contribution < 1.29 is 18.6 Å². The maximum absolute atomic E-state index is 12.1. The first-order valence-electron chi connectivity index (χ1n) is 7.60. The van der Waals surface area contributed by atoms with Crippen LogP contribution >= 0.6 is 0 Å². The van der Waals surface area contributed by atoms with Crippen molar-refractivity contribution in [3.63, 3.8) is 0 Å². The van der Waals surface area contributed by atoms with E-state index in [9.17, 15) is 4.79 Å². The van der Waals surface area contributed by atoms with Crippen molar-refractivity contribution in [2.75, 3.05) is 32.8 Å². The monoisotopic (exact) mass is 320 g/mol. The van der Waals surface area contributed by atoms with Gasteiger partial charge in [0.05, 0.1) is 11.4 Å². The van der Waals surface area contributed by atoms with Crippen LogP contribution in [0.25, 0.3) is 0 Å². The summed E-state index contributed by atoms with van der Waals surface area (Å²) < 4.78 is 15.3. The molecular formula is C15H20N4O4. The molecule has 2 aromatic rings. The van der Waals surface area contributed by atoms with E-state index in [1.807, 2.05) is 17.9 Å². The largest absolute Gasteiger partial charge is 0.364 e. The summed E-state index contributed by atoms with van der Waals surface area (Å²) in [7, 11) is 0. The fraction of sp³-hybridized carbons (Fsp3) is 0.533. The number of carbonyl (C=O) groups excluding carboxylic acids is 1. The molecule has 0 spiro atoms. The Hall–Kier alpha value is -2.19. The molecule has 1 aliphatic rings. The number of amides is 1. The zero-order chi connectivity index (χ0) is 16.1. The molecule has 0 aliphatic carbocycles. The second-order valence-corrected chi connectivity index (χ2v) is 5.58. The molecule has 1 saturated heterocycles. The maximum Gasteiger partial charge on any atom is 0.248 e. The molecule has 124 valence electrons. The molecule has 1 amide bonds. The van der Waals surface area contributed by atoms with Crippen LogP contribution in [0.5, 0.6) is 0 Å². The summed E-state index contributed by atoms with van der Waals surface area (Å²) in [4.78, 5) is 16.2. The highest BCUT2D eigenvalue weighted by atomic mass is 16.5. The van der Waals surface area contributed by atoms with Crippen LogP contribution < -0.4 is 0 Å². The quantitative estimate of drug-likeness (QED) is 0.779. The smallest absolute Gasteiger partial charge is 0.248 e. The summed E-state index contributed by atoms with van der Waals surface area (Å²) in [6, 6.07) is 3.66. The summed E-state index contributed by atoms with van der Waals surface area (Å²) in [6.45, 7) is 5.95. The summed E-state index contributed by atoms with van der Waals surface area (Å²) in [5.41, 5.74) is 1.72. The Labute approximate surface area is 133 Å². The molecule has 3 rings (SSSR count). The van der Waals surface area contributed by atoms with Crippen LogP contribution in [0.2, 0.25) is 0 Å². The number of rotatable bonds is 6. The molecule has 0 bridgehead atoms. The van der Waals surface area contributed by atoms with Crippen LogP contribution in [0, 0.1) is 6.92 Å². The second kappa shape index (κ2) is 7.38. The Morgan fingerprint density at radius 3 is 2.78 bits per heavy atom. The Morgan fingerprint density at radius 1 is 1.30 bits per heavy atom. The SMILES string of the molecule is Cc1cc(COCC(=O)N2CCN(Cc3ccon3)CC2)on1. The standard InChI is InChI=1S/C15H20N4O4/c1-12-8-14(23-16-12)10-21-11-15(20)19-5-3-18(4-6-19)9-13-2-7-22-17-13/h2,7-8H,3-6,9-11H2,1H3. The van der Waals surface area contributed by atoms with Gasteiger partial charge in [-0.1, -0.05) is 10.3 Å². The average Bonchev–Trinajstić information content (AvgIpc) is 3.20. The molecule has 8 heteroatoms. The third-order valence-corrected chi connectivity index (χ3v) is 3.75. The maximum atomic E-state index is 12.1. The fourth-order valence-corrected chi connectivity index (χ4v) is 2.52. The topological polar surface area (TPSA) is 84.8 Å². The van der Waals surface area contributed by atoms with E-state index in [-0.39, 0.29) is 19.1 Å². The van der Waals surface area contributed by atoms with Gasteiger partial charge in [0.2, 0.25) is 5.91 Å². The number of hydrogen-bond acceptors (Lipinski definition) is 7. The third-order valence-electron chi connectivity index (χ3n) is 3.75. The number of aromatic nitrogens is 2. The summed E-state index contributed by atoms with van der Waals surface area (Å²) in [6.07, 6.45) is 1.57. The Balaban J connectivity index is 1.36. The molecule has 0 unspecified atom stereocenters. The molecule has 0 radical (unpaired) electrons. The molecule has 23 heavy (non-hydrogen) atoms. The van der Waals surface area contributed by atoms with Crippen LogP contribution in [0.1, 0.15) is 17.1 Å². The Kier molecular flexibility index (Phi) is 5.04. The summed E-state index contributed by atoms with van der Waals surface area (Å²) >= 11 is 0. The molecule has 1 fully saturated rings. The molecular weight excluding hydrogens is 300 g/mol. The highest BCUT2D eigenvalue weighted by Crippen LogP contribution is 2.08. The molecule has 2 aromatic heterocycles. The van der Waals surface area contributed by atoms with E-state index in [0.29, 0.717) is 18.8 Å². The minimum Gasteiger partial charge on any atom is -0.364 e. The molecule has 0 aromatic carbocycles. The van der Waals surface area contributed by atoms with Gasteiger partial charge in [0.15, 0.2) is 5.76 Å². The van der Waals surface area contributed by atoms with Crippen LogP contribution in [0.4, 0.5) is 0 Å². The first-order valence-corrected chi connectivity index (χ1v) is 7.60. The number of carbonyl (C=O) groups is 1. The van der Waals surface area contributed by atoms with Crippen LogP contribution in [-0.2, 0) is 22.7 Å². The molecule has 0 atom stereocenters. The molecule has 3 heterocycles. The van der Waals surface area contributed by atoms with Crippen molar-refractivity contribution in [3.8, 4) is 0 Å². The van der Waals surface area contributed by atoms with Crippen molar-refractivity contribution >= 4 is 5.91 Å². The summed E-state index contributed by atoms with van der Waals surface area (Å²) in [5.74, 6) is 0.634. The minimum atomic E-state index is 0.00215. The van der Waals surface area contributed by atoms with Crippen molar-refractivity contribution in [3.05, 3.63) is 35.5 Å². The van der Waals surface area contributed by atoms with Crippen molar-refractivity contribution in [2.24, 2.45) is 0 Å². The lowest BCUT2D eigenvalue weighted by molar-refractivity contribution is -0.138. The van der Waals surface area contributed by atoms with Gasteiger partial charge in [-0.2, -0.15) is 0 Å². The van der Waals surface area contributed by atoms with Crippen molar-refractivity contribution in [2.45, 2.75) is 20.1 Å². The fourth-order valence-electron chi connectivity index (χ4n) is 2.52. The van der Waals surface area contributed by atoms with Gasteiger partial charge >= 0.3 is 0 Å². The first-order chi connectivity index (χ1) is 11.2. The normalized spacial score (nSPS) is 16.0. The van der Waals surface area contributed by atoms with Gasteiger partial charge in [-0.15, -0.1) is 0 Å². The van der Waals surface area contributed by atoms with E-state index >= 15 is 0 Å². The van der Waals surface area contributed by atoms with E-state index in [4.69, 9.17) is 13.8 Å². The van der Waals surface area contributed by atoms with E-state index in [0.717, 1.165) is 31.0 Å². The first kappa shape index (κ1) is 15.7. The Morgan fingerprint density at radius 2 is 2.13 bits per heavy atom. The number of aryl methyl sites for hydroxylation is 1. The average molecular weight is 320 g/mol. The zero-order valence-electron chi connectivity index (χ0n) is 13.1. The van der Waals surface area contributed by atoms with Gasteiger partial charge in [0.1, 0.15) is 19.5 Å². The van der Waals surface area contributed by atoms with Crippen LogP contribution in [0.3, 0.4) is 0 Å². The van der Waals surface area contributed by atoms with E-state index in [1.54, 1.807) is 12.3 Å². The highest BCUT2D eigenvalue weighted by molar-refractivity contribution is 5.77. The van der Waals surface area contributed by atoms with Gasteiger partial charge in [0.25, 0.3) is 0 Å². The molecule has 0 saturated carbocycles. The minimum absolute atomic E-state index is 0.00215. The molecule has 8 nitrogen and oxygen atoms in total. The highest BCUT2D eigenvalue weighted by Gasteiger charge is 2.21. The number of nitrogens with zero attached hydrogens (tertiary/aromatic N) is 4. The van der Waals surface area contributed by atoms with Crippen LogP contribution in [0.15, 0.2) is 27.4 Å². The van der Waals surface area contributed by atoms with Gasteiger partial charge < -0.3 is 18.7 Å². The van der Waals surface area contributed by atoms with Crippen LogP contribution in [-0.4, -0.2) is 58.8 Å². The zero-order valence-corrected chi connectivity index (χ0v) is 13.1. The number of hydrogen-bond donors (Lipinski definition) is 0. The van der Waals surface area contributed by atoms with Gasteiger partial charge in [-0.05, 0) is 6.92 Å².